The van der Waals surface area contributed by atoms with Crippen molar-refractivity contribution in [2.75, 3.05) is 50.2 Å². The van der Waals surface area contributed by atoms with Crippen molar-refractivity contribution in [2.24, 2.45) is 0 Å². The molecule has 0 spiro atoms. The first-order valence-corrected chi connectivity index (χ1v) is 13.7. The van der Waals surface area contributed by atoms with E-state index in [1.165, 1.54) is 4.52 Å². The Kier molecular flexibility index (Phi) is 9.08. The van der Waals surface area contributed by atoms with Gasteiger partial charge < -0.3 is 19.7 Å². The number of ketones is 1. The lowest BCUT2D eigenvalue weighted by Gasteiger charge is -2.28. The summed E-state index contributed by atoms with van der Waals surface area (Å²) in [7, 11) is 1.08. The molecule has 2 N–H and O–H groups in total. The van der Waals surface area contributed by atoms with Crippen LogP contribution in [0.15, 0.2) is 61.4 Å². The number of hydrogen-bond donors (Lipinski definition) is 2. The number of amides is 2. The van der Waals surface area contributed by atoms with Crippen molar-refractivity contribution in [3.8, 4) is 11.4 Å². The summed E-state index contributed by atoms with van der Waals surface area (Å²) in [5.41, 5.74) is 1.25. The summed E-state index contributed by atoms with van der Waals surface area (Å²) in [6.45, 7) is 4.99. The van der Waals surface area contributed by atoms with Crippen molar-refractivity contribution in [3.05, 3.63) is 83.7 Å². The van der Waals surface area contributed by atoms with Gasteiger partial charge in [-0.2, -0.15) is 13.2 Å². The number of aromatic nitrogens is 4. The Labute approximate surface area is 254 Å². The number of Topliss-reactive ketones (excluding diaryl/α,β-unsaturated/α-hetero) is 1. The van der Waals surface area contributed by atoms with Gasteiger partial charge >= 0.3 is 12.3 Å². The smallest absolute Gasteiger partial charge is 0.417 e. The minimum atomic E-state index is -4.81. The number of alkyl halides is 3. The Hall–Kier alpha value is -5.31. The average molecular weight is 624 g/mol. The number of hydrogen-bond acceptors (Lipinski definition) is 9. The molecule has 5 rings (SSSR count). The third-order valence-corrected chi connectivity index (χ3v) is 6.97. The molecular weight excluding hydrogens is 595 g/mol. The molecule has 15 heteroatoms. The second-order valence-corrected chi connectivity index (χ2v) is 9.98. The van der Waals surface area contributed by atoms with Crippen molar-refractivity contribution in [1.82, 2.24) is 24.9 Å². The molecule has 12 nitrogen and oxygen atoms in total. The van der Waals surface area contributed by atoms with Gasteiger partial charge in [-0.3, -0.25) is 14.9 Å². The summed E-state index contributed by atoms with van der Waals surface area (Å²) in [5, 5.41) is 9.03. The zero-order valence-electron chi connectivity index (χ0n) is 24.1. The van der Waals surface area contributed by atoms with E-state index in [1.54, 1.807) is 30.5 Å². The van der Waals surface area contributed by atoms with Crippen LogP contribution in [0.2, 0.25) is 0 Å². The van der Waals surface area contributed by atoms with Crippen LogP contribution in [0.5, 0.6) is 0 Å². The number of carbonyl (C=O) groups excluding carboxylic acids is 3. The van der Waals surface area contributed by atoms with Gasteiger partial charge in [0.1, 0.15) is 11.3 Å². The molecule has 0 bridgehead atoms. The predicted molar refractivity (Wildman–Crippen MR) is 157 cm³/mol. The van der Waals surface area contributed by atoms with Gasteiger partial charge in [0.05, 0.1) is 38.0 Å². The number of halogens is 3. The Bertz CT molecular complexity index is 1750. The molecule has 0 unspecified atom stereocenters. The van der Waals surface area contributed by atoms with Crippen LogP contribution in [0.4, 0.5) is 29.6 Å². The van der Waals surface area contributed by atoms with E-state index >= 15 is 0 Å². The number of nitrogens with zero attached hydrogens (tertiary/aromatic N) is 5. The van der Waals surface area contributed by atoms with Crippen molar-refractivity contribution in [3.63, 3.8) is 0 Å². The molecule has 0 radical (unpaired) electrons. The van der Waals surface area contributed by atoms with E-state index in [9.17, 15) is 27.6 Å². The molecule has 4 heterocycles. The predicted octanol–water partition coefficient (Wildman–Crippen LogP) is 3.90. The molecule has 234 valence electrons. The van der Waals surface area contributed by atoms with Crippen molar-refractivity contribution >= 4 is 34.9 Å². The Morgan fingerprint density at radius 1 is 1.11 bits per heavy atom. The standard InChI is InChI=1S/C30H28F3N7O5/c1-3-26(42)35-16-24(41)20-6-4-18(5-7-20)12-19-13-23-28(39-8-10-45-11-9-39)37-27(38-40(23)17-19)21-15-34-25(36-29(43)44-2)14-22(21)30(31,32)33/h3-7,13-15,17H,1,8-12,16H2,2H3,(H,35,42)(H,34,36,43). The topological polar surface area (TPSA) is 140 Å². The minimum absolute atomic E-state index is 0.156. The van der Waals surface area contributed by atoms with Gasteiger partial charge in [-0.15, -0.1) is 5.10 Å². The molecule has 45 heavy (non-hydrogen) atoms. The van der Waals surface area contributed by atoms with Crippen molar-refractivity contribution in [1.29, 1.82) is 0 Å². The number of anilines is 2. The third kappa shape index (κ3) is 7.26. The van der Waals surface area contributed by atoms with Gasteiger partial charge in [-0.1, -0.05) is 30.8 Å². The summed E-state index contributed by atoms with van der Waals surface area (Å²) in [4.78, 5) is 45.8. The molecular formula is C30H28F3N7O5. The fourth-order valence-corrected chi connectivity index (χ4v) is 4.73. The molecule has 1 aromatic carbocycles. The first-order valence-electron chi connectivity index (χ1n) is 13.7. The number of pyridine rings is 1. The van der Waals surface area contributed by atoms with E-state index in [4.69, 9.17) is 4.74 Å². The highest BCUT2D eigenvalue weighted by Crippen LogP contribution is 2.38. The monoisotopic (exact) mass is 623 g/mol. The molecule has 0 atom stereocenters. The zero-order chi connectivity index (χ0) is 32.1. The maximum Gasteiger partial charge on any atom is 0.417 e. The number of morpholine rings is 1. The van der Waals surface area contributed by atoms with E-state index in [0.717, 1.165) is 30.5 Å². The number of methoxy groups -OCH3 is 1. The number of carbonyl (C=O) groups is 3. The van der Waals surface area contributed by atoms with E-state index in [2.05, 4.69) is 37.0 Å². The van der Waals surface area contributed by atoms with Crippen LogP contribution in [0.1, 0.15) is 27.0 Å². The van der Waals surface area contributed by atoms with Gasteiger partial charge in [0.25, 0.3) is 0 Å². The molecule has 1 saturated heterocycles. The molecule has 0 saturated carbocycles. The summed E-state index contributed by atoms with van der Waals surface area (Å²) < 4.78 is 54.1. The molecule has 1 aliphatic heterocycles. The first-order chi connectivity index (χ1) is 21.5. The van der Waals surface area contributed by atoms with Crippen LogP contribution in [-0.2, 0) is 26.9 Å². The largest absolute Gasteiger partial charge is 0.453 e. The van der Waals surface area contributed by atoms with Crippen LogP contribution < -0.4 is 15.5 Å². The highest BCUT2D eigenvalue weighted by atomic mass is 19.4. The van der Waals surface area contributed by atoms with Crippen LogP contribution in [0.3, 0.4) is 0 Å². The van der Waals surface area contributed by atoms with Crippen molar-refractivity contribution in [2.45, 2.75) is 12.6 Å². The minimum Gasteiger partial charge on any atom is -0.453 e. The lowest BCUT2D eigenvalue weighted by molar-refractivity contribution is -0.137. The molecule has 4 aromatic rings. The lowest BCUT2D eigenvalue weighted by atomic mass is 10.0. The van der Waals surface area contributed by atoms with Gasteiger partial charge in [-0.05, 0) is 35.8 Å². The zero-order valence-corrected chi connectivity index (χ0v) is 24.1. The molecule has 1 fully saturated rings. The summed E-state index contributed by atoms with van der Waals surface area (Å²) in [6, 6.07) is 9.47. The number of nitrogens with one attached hydrogen (secondary N) is 2. The molecule has 0 aliphatic carbocycles. The first kappa shape index (κ1) is 31.1. The highest BCUT2D eigenvalue weighted by molar-refractivity contribution is 6.00. The molecule has 1 aliphatic rings. The summed E-state index contributed by atoms with van der Waals surface area (Å²) in [6.07, 6.45) is -1.57. The normalized spacial score (nSPS) is 13.4. The lowest BCUT2D eigenvalue weighted by Crippen LogP contribution is -2.37. The second-order valence-electron chi connectivity index (χ2n) is 9.98. The number of rotatable bonds is 9. The Morgan fingerprint density at radius 3 is 2.51 bits per heavy atom. The average Bonchev–Trinajstić information content (AvgIpc) is 3.45. The van der Waals surface area contributed by atoms with E-state index < -0.39 is 23.7 Å². The van der Waals surface area contributed by atoms with E-state index in [1.807, 2.05) is 11.0 Å². The van der Waals surface area contributed by atoms with Crippen LogP contribution >= 0.6 is 0 Å². The van der Waals surface area contributed by atoms with Crippen LogP contribution in [0, 0.1) is 0 Å². The number of ether oxygens (including phenoxy) is 2. The van der Waals surface area contributed by atoms with E-state index in [-0.39, 0.29) is 29.5 Å². The fraction of sp³-hybridized carbons (Fsp3) is 0.267. The van der Waals surface area contributed by atoms with Crippen molar-refractivity contribution < 1.29 is 37.0 Å². The van der Waals surface area contributed by atoms with Gasteiger partial charge in [0.15, 0.2) is 17.4 Å². The summed E-state index contributed by atoms with van der Waals surface area (Å²) >= 11 is 0. The van der Waals surface area contributed by atoms with Crippen LogP contribution in [0.25, 0.3) is 16.9 Å². The molecule has 2 amide bonds. The van der Waals surface area contributed by atoms with E-state index in [0.29, 0.717) is 55.7 Å². The maximum atomic E-state index is 14.2. The second kappa shape index (κ2) is 13.1. The SMILES string of the molecule is C=CC(=O)NCC(=O)c1ccc(Cc2cc3c(N4CCOCC4)nc(-c4cnc(NC(=O)OC)cc4C(F)(F)F)nn3c2)cc1. The van der Waals surface area contributed by atoms with Gasteiger partial charge in [0.2, 0.25) is 5.91 Å². The highest BCUT2D eigenvalue weighted by Gasteiger charge is 2.36. The van der Waals surface area contributed by atoms with Gasteiger partial charge in [-0.25, -0.2) is 19.3 Å². The fourth-order valence-electron chi connectivity index (χ4n) is 4.73. The number of fused-ring (bicyclic) bond motifs is 1. The Morgan fingerprint density at radius 2 is 1.84 bits per heavy atom. The number of benzene rings is 1. The van der Waals surface area contributed by atoms with Crippen LogP contribution in [-0.4, -0.2) is 77.3 Å². The third-order valence-electron chi connectivity index (χ3n) is 6.97. The van der Waals surface area contributed by atoms with Gasteiger partial charge in [0, 0.05) is 31.0 Å². The summed E-state index contributed by atoms with van der Waals surface area (Å²) in [5.74, 6) is -0.818. The quantitative estimate of drug-likeness (QED) is 0.210. The maximum absolute atomic E-state index is 14.2. The molecule has 3 aromatic heterocycles. The Balaban J connectivity index is 1.49.